The van der Waals surface area contributed by atoms with Crippen LogP contribution in [0.3, 0.4) is 0 Å². The summed E-state index contributed by atoms with van der Waals surface area (Å²) in [6.45, 7) is 2.50. The van der Waals surface area contributed by atoms with Crippen molar-refractivity contribution in [3.63, 3.8) is 0 Å². The summed E-state index contributed by atoms with van der Waals surface area (Å²) in [5.74, 6) is -0.183. The third-order valence-electron chi connectivity index (χ3n) is 2.59. The summed E-state index contributed by atoms with van der Waals surface area (Å²) in [7, 11) is 1.56. The number of hydrogen-bond acceptors (Lipinski definition) is 4. The van der Waals surface area contributed by atoms with E-state index in [1.165, 1.54) is 10.6 Å². The Kier molecular flexibility index (Phi) is 6.24. The van der Waals surface area contributed by atoms with Gasteiger partial charge >= 0.3 is 0 Å². The minimum absolute atomic E-state index is 0.140. The second kappa shape index (κ2) is 7.70. The van der Waals surface area contributed by atoms with Crippen LogP contribution in [0.2, 0.25) is 0 Å². The molecule has 0 aliphatic carbocycles. The van der Waals surface area contributed by atoms with Gasteiger partial charge in [-0.1, -0.05) is 0 Å². The number of rotatable bonds is 7. The van der Waals surface area contributed by atoms with Crippen LogP contribution in [0.4, 0.5) is 5.69 Å². The zero-order valence-corrected chi connectivity index (χ0v) is 11.3. The normalized spacial score (nSPS) is 12.2. The molecule has 6 heteroatoms. The molecule has 1 aromatic rings. The number of hydrogen-bond donors (Lipinski definition) is 2. The molecule has 1 heterocycles. The minimum atomic E-state index is -0.499. The number of carbonyl (C=O) groups is 1. The lowest BCUT2D eigenvalue weighted by atomic mass is 10.2. The Hall–Kier alpha value is -1.66. The zero-order chi connectivity index (χ0) is 14.3. The third-order valence-corrected chi connectivity index (χ3v) is 2.59. The molecule has 0 spiro atoms. The van der Waals surface area contributed by atoms with E-state index >= 15 is 0 Å². The van der Waals surface area contributed by atoms with E-state index in [-0.39, 0.29) is 17.9 Å². The number of pyridine rings is 1. The van der Waals surface area contributed by atoms with Crippen molar-refractivity contribution in [2.45, 2.75) is 32.4 Å². The summed E-state index contributed by atoms with van der Waals surface area (Å²) in [6.07, 6.45) is 1.74. The lowest BCUT2D eigenvalue weighted by Crippen LogP contribution is -2.22. The zero-order valence-electron chi connectivity index (χ0n) is 11.3. The van der Waals surface area contributed by atoms with Gasteiger partial charge in [-0.25, -0.2) is 0 Å². The number of aliphatic hydroxyl groups is 1. The maximum absolute atomic E-state index is 11.6. The molecule has 106 valence electrons. The molecule has 19 heavy (non-hydrogen) atoms. The van der Waals surface area contributed by atoms with Gasteiger partial charge in [0.15, 0.2) is 0 Å². The smallest absolute Gasteiger partial charge is 0.250 e. The van der Waals surface area contributed by atoms with Gasteiger partial charge < -0.3 is 19.7 Å². The number of amides is 1. The van der Waals surface area contributed by atoms with Gasteiger partial charge in [-0.3, -0.25) is 9.59 Å². The topological polar surface area (TPSA) is 80.6 Å². The van der Waals surface area contributed by atoms with Gasteiger partial charge in [-0.15, -0.1) is 0 Å². The van der Waals surface area contributed by atoms with Crippen LogP contribution < -0.4 is 10.9 Å². The van der Waals surface area contributed by atoms with Gasteiger partial charge in [-0.05, 0) is 19.4 Å². The molecular weight excluding hydrogens is 248 g/mol. The van der Waals surface area contributed by atoms with Gasteiger partial charge in [0, 0.05) is 32.3 Å². The Balaban J connectivity index is 2.63. The van der Waals surface area contributed by atoms with Crippen molar-refractivity contribution in [2.24, 2.45) is 0 Å². The Morgan fingerprint density at radius 1 is 1.53 bits per heavy atom. The lowest BCUT2D eigenvalue weighted by Gasteiger charge is -2.09. The van der Waals surface area contributed by atoms with Crippen LogP contribution in [0.5, 0.6) is 0 Å². The summed E-state index contributed by atoms with van der Waals surface area (Å²) in [5, 5.41) is 11.8. The van der Waals surface area contributed by atoms with Crippen LogP contribution in [0.15, 0.2) is 23.1 Å². The molecule has 1 amide bonds. The van der Waals surface area contributed by atoms with Crippen molar-refractivity contribution in [2.75, 3.05) is 19.0 Å². The number of ether oxygens (including phenoxy) is 1. The monoisotopic (exact) mass is 268 g/mol. The molecular formula is C13H20N2O4. The molecule has 1 rings (SSSR count). The van der Waals surface area contributed by atoms with Crippen molar-refractivity contribution in [1.29, 1.82) is 0 Å². The van der Waals surface area contributed by atoms with E-state index in [4.69, 9.17) is 9.84 Å². The first-order chi connectivity index (χ1) is 9.02. The van der Waals surface area contributed by atoms with Gasteiger partial charge in [0.2, 0.25) is 5.91 Å². The second-order valence-corrected chi connectivity index (χ2v) is 4.38. The molecule has 1 atom stereocenters. The van der Waals surface area contributed by atoms with Crippen LogP contribution >= 0.6 is 0 Å². The highest BCUT2D eigenvalue weighted by atomic mass is 16.5. The molecule has 1 aromatic heterocycles. The fraction of sp³-hybridized carbons (Fsp3) is 0.538. The van der Waals surface area contributed by atoms with Crippen LogP contribution in [-0.2, 0) is 16.1 Å². The maximum Gasteiger partial charge on any atom is 0.250 e. The van der Waals surface area contributed by atoms with Crippen LogP contribution in [0.25, 0.3) is 0 Å². The summed E-state index contributed by atoms with van der Waals surface area (Å²) in [4.78, 5) is 23.1. The molecule has 0 fully saturated rings. The van der Waals surface area contributed by atoms with Crippen LogP contribution in [0, 0.1) is 0 Å². The molecule has 6 nitrogen and oxygen atoms in total. The molecule has 0 aromatic carbocycles. The third kappa shape index (κ3) is 5.67. The number of nitrogens with zero attached hydrogens (tertiary/aromatic N) is 1. The fourth-order valence-corrected chi connectivity index (χ4v) is 1.53. The number of anilines is 1. The summed E-state index contributed by atoms with van der Waals surface area (Å²) < 4.78 is 6.39. The average Bonchev–Trinajstić information content (AvgIpc) is 2.37. The van der Waals surface area contributed by atoms with Crippen LogP contribution in [0.1, 0.15) is 19.8 Å². The van der Waals surface area contributed by atoms with E-state index in [9.17, 15) is 9.59 Å². The molecule has 2 N–H and O–H groups in total. The van der Waals surface area contributed by atoms with E-state index in [1.807, 2.05) is 0 Å². The number of aliphatic hydroxyl groups excluding tert-OH is 1. The number of nitrogens with one attached hydrogen (secondary N) is 1. The Bertz CT molecular complexity index is 468. The van der Waals surface area contributed by atoms with Gasteiger partial charge in [0.05, 0.1) is 18.4 Å². The highest BCUT2D eigenvalue weighted by Crippen LogP contribution is 2.05. The summed E-state index contributed by atoms with van der Waals surface area (Å²) in [6, 6.07) is 2.96. The summed E-state index contributed by atoms with van der Waals surface area (Å²) in [5.41, 5.74) is 0.422. The Labute approximate surface area is 112 Å². The fourth-order valence-electron chi connectivity index (χ4n) is 1.53. The highest BCUT2D eigenvalue weighted by molar-refractivity contribution is 5.90. The van der Waals surface area contributed by atoms with Crippen molar-refractivity contribution >= 4 is 11.6 Å². The van der Waals surface area contributed by atoms with Gasteiger partial charge in [0.25, 0.3) is 5.56 Å². The largest absolute Gasteiger partial charge is 0.393 e. The lowest BCUT2D eigenvalue weighted by molar-refractivity contribution is -0.116. The maximum atomic E-state index is 11.6. The minimum Gasteiger partial charge on any atom is -0.393 e. The molecule has 0 saturated carbocycles. The average molecular weight is 268 g/mol. The van der Waals surface area contributed by atoms with Crippen molar-refractivity contribution in [1.82, 2.24) is 4.57 Å². The molecule has 0 radical (unpaired) electrons. The van der Waals surface area contributed by atoms with Gasteiger partial charge in [-0.2, -0.15) is 0 Å². The van der Waals surface area contributed by atoms with E-state index < -0.39 is 6.10 Å². The molecule has 0 aliphatic heterocycles. The predicted molar refractivity (Wildman–Crippen MR) is 72.1 cm³/mol. The Morgan fingerprint density at radius 2 is 2.26 bits per heavy atom. The predicted octanol–water partition coefficient (Wildman–Crippen LogP) is 0.594. The van der Waals surface area contributed by atoms with Crippen molar-refractivity contribution < 1.29 is 14.6 Å². The van der Waals surface area contributed by atoms with E-state index in [1.54, 1.807) is 26.3 Å². The first kappa shape index (κ1) is 15.4. The summed E-state index contributed by atoms with van der Waals surface area (Å²) >= 11 is 0. The van der Waals surface area contributed by atoms with E-state index in [2.05, 4.69) is 5.32 Å². The Morgan fingerprint density at radius 3 is 2.89 bits per heavy atom. The molecule has 0 saturated heterocycles. The second-order valence-electron chi connectivity index (χ2n) is 4.38. The van der Waals surface area contributed by atoms with E-state index in [0.717, 1.165) is 0 Å². The number of aromatic nitrogens is 1. The quantitative estimate of drug-likeness (QED) is 0.758. The van der Waals surface area contributed by atoms with E-state index in [0.29, 0.717) is 25.3 Å². The van der Waals surface area contributed by atoms with Gasteiger partial charge in [0.1, 0.15) is 0 Å². The standard InChI is InChI=1S/C13H20N2O4/c1-10(16)3-5-12(17)14-11-4-6-13(18)15(9-11)7-8-19-2/h4,6,9-10,16H,3,5,7-8H2,1-2H3,(H,14,17). The SMILES string of the molecule is COCCn1cc(NC(=O)CCC(C)O)ccc1=O. The van der Waals surface area contributed by atoms with Crippen molar-refractivity contribution in [3.8, 4) is 0 Å². The first-order valence-electron chi connectivity index (χ1n) is 6.20. The molecule has 0 aliphatic rings. The molecule has 0 bridgehead atoms. The molecule has 1 unspecified atom stereocenters. The van der Waals surface area contributed by atoms with Crippen LogP contribution in [-0.4, -0.2) is 35.4 Å². The highest BCUT2D eigenvalue weighted by Gasteiger charge is 2.06. The number of carbonyl (C=O) groups excluding carboxylic acids is 1. The number of methoxy groups -OCH3 is 1. The van der Waals surface area contributed by atoms with Crippen molar-refractivity contribution in [3.05, 3.63) is 28.7 Å². The first-order valence-corrected chi connectivity index (χ1v) is 6.20.